The van der Waals surface area contributed by atoms with Crippen molar-refractivity contribution < 1.29 is 19.1 Å². The van der Waals surface area contributed by atoms with Crippen LogP contribution in [0, 0.1) is 30.6 Å². The number of imide groups is 1. The topological polar surface area (TPSA) is 63.7 Å². The van der Waals surface area contributed by atoms with Crippen LogP contribution < -0.4 is 9.64 Å². The number of hydrogen-bond donors (Lipinski definition) is 0. The second-order valence-corrected chi connectivity index (χ2v) is 7.72. The molecule has 2 amide bonds. The number of amides is 2. The summed E-state index contributed by atoms with van der Waals surface area (Å²) in [5, 5.41) is 0. The van der Waals surface area contributed by atoms with Crippen LogP contribution in [-0.2, 0) is 9.59 Å². The number of aryl methyl sites for hydroxylation is 1. The summed E-state index contributed by atoms with van der Waals surface area (Å²) in [7, 11) is 0. The Bertz CT molecular complexity index is 1010. The van der Waals surface area contributed by atoms with E-state index in [1.54, 1.807) is 36.4 Å². The number of hydrogen-bond acceptors (Lipinski definition) is 4. The molecule has 2 aromatic carbocycles. The number of anilines is 1. The molecule has 0 aromatic heterocycles. The number of ether oxygens (including phenoxy) is 1. The fourth-order valence-electron chi connectivity index (χ4n) is 4.76. The van der Waals surface area contributed by atoms with E-state index < -0.39 is 5.97 Å². The van der Waals surface area contributed by atoms with Gasteiger partial charge < -0.3 is 4.74 Å². The molecule has 0 spiro atoms. The van der Waals surface area contributed by atoms with Crippen LogP contribution >= 0.6 is 0 Å². The molecule has 28 heavy (non-hydrogen) atoms. The Morgan fingerprint density at radius 3 is 2.32 bits per heavy atom. The highest BCUT2D eigenvalue weighted by molar-refractivity contribution is 6.23. The van der Waals surface area contributed by atoms with Gasteiger partial charge in [0.15, 0.2) is 0 Å². The smallest absolute Gasteiger partial charge is 0.343 e. The van der Waals surface area contributed by atoms with Gasteiger partial charge in [0.1, 0.15) is 5.75 Å². The molecule has 0 radical (unpaired) electrons. The molecule has 3 aliphatic rings. The van der Waals surface area contributed by atoms with E-state index in [1.165, 1.54) is 4.90 Å². The van der Waals surface area contributed by atoms with Crippen molar-refractivity contribution in [2.24, 2.45) is 23.7 Å². The quantitative estimate of drug-likeness (QED) is 0.357. The molecule has 140 valence electrons. The zero-order valence-electron chi connectivity index (χ0n) is 15.4. The Hall–Kier alpha value is -3.21. The van der Waals surface area contributed by atoms with Crippen LogP contribution in [0.5, 0.6) is 5.75 Å². The molecule has 0 N–H and O–H groups in total. The van der Waals surface area contributed by atoms with Gasteiger partial charge in [0.05, 0.1) is 23.1 Å². The normalized spacial score (nSPS) is 27.4. The van der Waals surface area contributed by atoms with E-state index in [9.17, 15) is 14.4 Å². The van der Waals surface area contributed by atoms with Gasteiger partial charge in [-0.05, 0) is 55.0 Å². The van der Waals surface area contributed by atoms with E-state index in [1.807, 2.05) is 19.1 Å². The molecule has 5 nitrogen and oxygen atoms in total. The van der Waals surface area contributed by atoms with Gasteiger partial charge in [-0.1, -0.05) is 36.4 Å². The van der Waals surface area contributed by atoms with Crippen molar-refractivity contribution in [3.63, 3.8) is 0 Å². The molecule has 2 aromatic rings. The van der Waals surface area contributed by atoms with Crippen molar-refractivity contribution in [1.29, 1.82) is 0 Å². The lowest BCUT2D eigenvalue weighted by molar-refractivity contribution is -0.123. The number of carbonyl (C=O) groups is 3. The van der Waals surface area contributed by atoms with Crippen LogP contribution in [0.2, 0.25) is 0 Å². The highest BCUT2D eigenvalue weighted by atomic mass is 16.5. The largest absolute Gasteiger partial charge is 0.423 e. The summed E-state index contributed by atoms with van der Waals surface area (Å²) >= 11 is 0. The fourth-order valence-corrected chi connectivity index (χ4v) is 4.76. The van der Waals surface area contributed by atoms with Crippen LogP contribution in [0.1, 0.15) is 22.3 Å². The molecular formula is C23H19NO4. The molecule has 0 unspecified atom stereocenters. The Morgan fingerprint density at radius 2 is 1.64 bits per heavy atom. The summed E-state index contributed by atoms with van der Waals surface area (Å²) in [6.07, 6.45) is 5.02. The third kappa shape index (κ3) is 2.43. The lowest BCUT2D eigenvalue weighted by atomic mass is 9.85. The Balaban J connectivity index is 1.42. The van der Waals surface area contributed by atoms with Crippen LogP contribution in [-0.4, -0.2) is 17.8 Å². The van der Waals surface area contributed by atoms with Crippen molar-refractivity contribution in [1.82, 2.24) is 0 Å². The fraction of sp³-hybridized carbons (Fsp3) is 0.261. The van der Waals surface area contributed by atoms with Crippen molar-refractivity contribution in [2.75, 3.05) is 4.90 Å². The van der Waals surface area contributed by atoms with Crippen LogP contribution in [0.15, 0.2) is 60.7 Å². The van der Waals surface area contributed by atoms with E-state index in [-0.39, 0.29) is 35.5 Å². The number of nitrogens with zero attached hydrogens (tertiary/aromatic N) is 1. The summed E-state index contributed by atoms with van der Waals surface area (Å²) in [6.45, 7) is 1.86. The second-order valence-electron chi connectivity index (χ2n) is 7.72. The molecular weight excluding hydrogens is 354 g/mol. The SMILES string of the molecule is Cc1ccccc1OC(=O)c1cccc(N2C(=O)[C@H]3[C@H](C2=O)[C@H]2C=C[C@H]3C2)c1. The van der Waals surface area contributed by atoms with E-state index in [2.05, 4.69) is 12.2 Å². The average molecular weight is 373 g/mol. The number of allylic oxidation sites excluding steroid dienone is 2. The van der Waals surface area contributed by atoms with Gasteiger partial charge in [-0.25, -0.2) is 9.69 Å². The average Bonchev–Trinajstić information content (AvgIpc) is 3.37. The summed E-state index contributed by atoms with van der Waals surface area (Å²) in [4.78, 5) is 39.8. The van der Waals surface area contributed by atoms with E-state index in [4.69, 9.17) is 4.74 Å². The molecule has 4 atom stereocenters. The number of rotatable bonds is 3. The lowest BCUT2D eigenvalue weighted by Crippen LogP contribution is -2.33. The Morgan fingerprint density at radius 1 is 0.964 bits per heavy atom. The van der Waals surface area contributed by atoms with Crippen molar-refractivity contribution in [2.45, 2.75) is 13.3 Å². The summed E-state index contributed by atoms with van der Waals surface area (Å²) in [5.74, 6) is -0.542. The summed E-state index contributed by atoms with van der Waals surface area (Å²) < 4.78 is 5.48. The standard InChI is InChI=1S/C23H19NO4/c1-13-5-2-3-8-18(13)28-23(27)16-6-4-7-17(12-16)24-21(25)19-14-9-10-15(11-14)20(19)22(24)26/h2-10,12,14-15,19-20H,11H2,1H3/t14-,15-,19+,20+/m0/s1. The van der Waals surface area contributed by atoms with Gasteiger partial charge in [0, 0.05) is 0 Å². The minimum Gasteiger partial charge on any atom is -0.423 e. The monoisotopic (exact) mass is 373 g/mol. The molecule has 1 saturated carbocycles. The zero-order valence-corrected chi connectivity index (χ0v) is 15.4. The third-order valence-corrected chi connectivity index (χ3v) is 6.11. The first kappa shape index (κ1) is 16.9. The third-order valence-electron chi connectivity index (χ3n) is 6.11. The summed E-state index contributed by atoms with van der Waals surface area (Å²) in [5.41, 5.74) is 1.59. The van der Waals surface area contributed by atoms with Crippen molar-refractivity contribution >= 4 is 23.5 Å². The van der Waals surface area contributed by atoms with Gasteiger partial charge >= 0.3 is 5.97 Å². The van der Waals surface area contributed by atoms with E-state index in [0.717, 1.165) is 12.0 Å². The lowest BCUT2D eigenvalue weighted by Gasteiger charge is -2.18. The van der Waals surface area contributed by atoms with E-state index in [0.29, 0.717) is 17.0 Å². The molecule has 5 heteroatoms. The van der Waals surface area contributed by atoms with Crippen LogP contribution in [0.25, 0.3) is 0 Å². The first-order chi connectivity index (χ1) is 13.5. The van der Waals surface area contributed by atoms with Gasteiger partial charge in [-0.3, -0.25) is 9.59 Å². The number of benzene rings is 2. The first-order valence-electron chi connectivity index (χ1n) is 9.48. The maximum Gasteiger partial charge on any atom is 0.343 e. The zero-order chi connectivity index (χ0) is 19.4. The predicted molar refractivity (Wildman–Crippen MR) is 103 cm³/mol. The van der Waals surface area contributed by atoms with Gasteiger partial charge in [-0.2, -0.15) is 0 Å². The maximum absolute atomic E-state index is 13.0. The predicted octanol–water partition coefficient (Wildman–Crippen LogP) is 3.53. The summed E-state index contributed by atoms with van der Waals surface area (Å²) in [6, 6.07) is 13.8. The molecule has 5 rings (SSSR count). The van der Waals surface area contributed by atoms with Crippen LogP contribution in [0.3, 0.4) is 0 Å². The highest BCUT2D eigenvalue weighted by Gasteiger charge is 2.59. The first-order valence-corrected chi connectivity index (χ1v) is 9.48. The van der Waals surface area contributed by atoms with Crippen molar-refractivity contribution in [3.8, 4) is 5.75 Å². The highest BCUT2D eigenvalue weighted by Crippen LogP contribution is 2.53. The second kappa shape index (κ2) is 6.16. The number of esters is 1. The molecule has 1 saturated heterocycles. The number of fused-ring (bicyclic) bond motifs is 5. The van der Waals surface area contributed by atoms with Gasteiger partial charge in [0.25, 0.3) is 0 Å². The molecule has 2 bridgehead atoms. The molecule has 2 fully saturated rings. The molecule has 1 heterocycles. The Labute approximate surface area is 162 Å². The van der Waals surface area contributed by atoms with Crippen molar-refractivity contribution in [3.05, 3.63) is 71.8 Å². The maximum atomic E-state index is 13.0. The minimum atomic E-state index is -0.517. The van der Waals surface area contributed by atoms with Gasteiger partial charge in [0.2, 0.25) is 11.8 Å². The number of carbonyl (C=O) groups excluding carboxylic acids is 3. The van der Waals surface area contributed by atoms with Gasteiger partial charge in [-0.15, -0.1) is 0 Å². The Kier molecular flexibility index (Phi) is 3.72. The molecule has 2 aliphatic carbocycles. The van der Waals surface area contributed by atoms with E-state index >= 15 is 0 Å². The van der Waals surface area contributed by atoms with Crippen LogP contribution in [0.4, 0.5) is 5.69 Å². The molecule has 1 aliphatic heterocycles. The minimum absolute atomic E-state index is 0.156. The number of para-hydroxylation sites is 1.